The Morgan fingerprint density at radius 2 is 1.91 bits per heavy atom. The molecule has 2 rings (SSSR count). The SMILES string of the molecule is C#CCNC(=O)C1CCN(CCCCC2CCOCC2)CC1. The molecule has 0 spiro atoms. The fourth-order valence-corrected chi connectivity index (χ4v) is 3.50. The molecular formula is C18H30N2O2. The molecule has 2 fully saturated rings. The van der Waals surface area contributed by atoms with Gasteiger partial charge in [0.1, 0.15) is 0 Å². The normalized spacial score (nSPS) is 21.4. The number of ether oxygens (including phenoxy) is 1. The van der Waals surface area contributed by atoms with E-state index in [2.05, 4.69) is 16.1 Å². The summed E-state index contributed by atoms with van der Waals surface area (Å²) in [5.74, 6) is 3.64. The first kappa shape index (κ1) is 17.3. The molecule has 1 N–H and O–H groups in total. The Morgan fingerprint density at radius 3 is 2.59 bits per heavy atom. The van der Waals surface area contributed by atoms with Crippen LogP contribution in [0.3, 0.4) is 0 Å². The molecule has 0 saturated carbocycles. The Kier molecular flexibility index (Phi) is 7.76. The molecule has 0 atom stereocenters. The van der Waals surface area contributed by atoms with Gasteiger partial charge in [-0.2, -0.15) is 0 Å². The third-order valence-corrected chi connectivity index (χ3v) is 5.00. The predicted octanol–water partition coefficient (Wildman–Crippen LogP) is 2.04. The van der Waals surface area contributed by atoms with Crippen LogP contribution in [-0.2, 0) is 9.53 Å². The lowest BCUT2D eigenvalue weighted by Gasteiger charge is -2.31. The smallest absolute Gasteiger partial charge is 0.223 e. The van der Waals surface area contributed by atoms with E-state index in [1.807, 2.05) is 0 Å². The minimum absolute atomic E-state index is 0.136. The van der Waals surface area contributed by atoms with Crippen molar-refractivity contribution in [2.75, 3.05) is 39.4 Å². The van der Waals surface area contributed by atoms with Crippen LogP contribution in [0.15, 0.2) is 0 Å². The van der Waals surface area contributed by atoms with Crippen LogP contribution in [0.4, 0.5) is 0 Å². The van der Waals surface area contributed by atoms with E-state index in [1.54, 1.807) is 0 Å². The summed E-state index contributed by atoms with van der Waals surface area (Å²) in [7, 11) is 0. The second-order valence-corrected chi connectivity index (χ2v) is 6.59. The fourth-order valence-electron chi connectivity index (χ4n) is 3.50. The summed E-state index contributed by atoms with van der Waals surface area (Å²) in [5.41, 5.74) is 0. The number of rotatable bonds is 7. The highest BCUT2D eigenvalue weighted by Gasteiger charge is 2.24. The van der Waals surface area contributed by atoms with Gasteiger partial charge in [0, 0.05) is 19.1 Å². The number of unbranched alkanes of at least 4 members (excludes halogenated alkanes) is 1. The number of carbonyl (C=O) groups is 1. The average Bonchev–Trinajstić information content (AvgIpc) is 2.58. The van der Waals surface area contributed by atoms with Crippen LogP contribution in [0.1, 0.15) is 44.9 Å². The molecule has 0 bridgehead atoms. The molecule has 0 radical (unpaired) electrons. The highest BCUT2D eigenvalue weighted by atomic mass is 16.5. The number of hydrogen-bond acceptors (Lipinski definition) is 3. The van der Waals surface area contributed by atoms with Gasteiger partial charge >= 0.3 is 0 Å². The van der Waals surface area contributed by atoms with Crippen LogP contribution >= 0.6 is 0 Å². The van der Waals surface area contributed by atoms with Gasteiger partial charge in [-0.15, -0.1) is 6.42 Å². The van der Waals surface area contributed by atoms with Crippen molar-refractivity contribution < 1.29 is 9.53 Å². The predicted molar refractivity (Wildman–Crippen MR) is 88.4 cm³/mol. The first-order valence-corrected chi connectivity index (χ1v) is 8.81. The minimum Gasteiger partial charge on any atom is -0.381 e. The molecule has 22 heavy (non-hydrogen) atoms. The Balaban J connectivity index is 1.52. The molecule has 0 aromatic heterocycles. The van der Waals surface area contributed by atoms with E-state index in [-0.39, 0.29) is 11.8 Å². The van der Waals surface area contributed by atoms with E-state index in [9.17, 15) is 4.79 Å². The summed E-state index contributed by atoms with van der Waals surface area (Å²) in [5, 5.41) is 2.80. The molecule has 2 aliphatic heterocycles. The van der Waals surface area contributed by atoms with Crippen molar-refractivity contribution in [2.24, 2.45) is 11.8 Å². The van der Waals surface area contributed by atoms with Crippen molar-refractivity contribution in [3.8, 4) is 12.3 Å². The second kappa shape index (κ2) is 9.86. The summed E-state index contributed by atoms with van der Waals surface area (Å²) >= 11 is 0. The highest BCUT2D eigenvalue weighted by Crippen LogP contribution is 2.22. The molecule has 4 heteroatoms. The Morgan fingerprint density at radius 1 is 1.18 bits per heavy atom. The zero-order valence-corrected chi connectivity index (χ0v) is 13.7. The molecule has 0 aromatic carbocycles. The van der Waals surface area contributed by atoms with Crippen LogP contribution < -0.4 is 5.32 Å². The van der Waals surface area contributed by atoms with Gasteiger partial charge in [-0.3, -0.25) is 4.79 Å². The lowest BCUT2D eigenvalue weighted by Crippen LogP contribution is -2.40. The van der Waals surface area contributed by atoms with Crippen molar-refractivity contribution >= 4 is 5.91 Å². The molecule has 2 aliphatic rings. The Hall–Kier alpha value is -1.05. The molecule has 1 amide bonds. The highest BCUT2D eigenvalue weighted by molar-refractivity contribution is 5.78. The van der Waals surface area contributed by atoms with E-state index < -0.39 is 0 Å². The van der Waals surface area contributed by atoms with Crippen molar-refractivity contribution in [1.29, 1.82) is 0 Å². The molecular weight excluding hydrogens is 276 g/mol. The number of nitrogens with one attached hydrogen (secondary N) is 1. The molecule has 0 unspecified atom stereocenters. The van der Waals surface area contributed by atoms with Gasteiger partial charge in [0.2, 0.25) is 5.91 Å². The fraction of sp³-hybridized carbons (Fsp3) is 0.833. The van der Waals surface area contributed by atoms with E-state index in [1.165, 1.54) is 38.6 Å². The monoisotopic (exact) mass is 306 g/mol. The second-order valence-electron chi connectivity index (χ2n) is 6.59. The first-order chi connectivity index (χ1) is 10.8. The number of piperidine rings is 1. The number of amides is 1. The minimum atomic E-state index is 0.136. The zero-order valence-electron chi connectivity index (χ0n) is 13.7. The van der Waals surface area contributed by atoms with Gasteiger partial charge in [0.05, 0.1) is 6.54 Å². The van der Waals surface area contributed by atoms with Crippen molar-refractivity contribution in [1.82, 2.24) is 10.2 Å². The summed E-state index contributed by atoms with van der Waals surface area (Å²) < 4.78 is 5.40. The lowest BCUT2D eigenvalue weighted by atomic mass is 9.93. The summed E-state index contributed by atoms with van der Waals surface area (Å²) in [6, 6.07) is 0. The van der Waals surface area contributed by atoms with E-state index in [0.717, 1.165) is 45.1 Å². The van der Waals surface area contributed by atoms with Crippen LogP contribution in [0, 0.1) is 24.2 Å². The maximum atomic E-state index is 11.9. The number of terminal acetylenes is 1. The Labute approximate surface area is 135 Å². The third-order valence-electron chi connectivity index (χ3n) is 5.00. The van der Waals surface area contributed by atoms with Crippen molar-refractivity contribution in [3.05, 3.63) is 0 Å². The molecule has 0 aliphatic carbocycles. The van der Waals surface area contributed by atoms with Gasteiger partial charge in [-0.25, -0.2) is 0 Å². The van der Waals surface area contributed by atoms with Crippen LogP contribution in [-0.4, -0.2) is 50.2 Å². The molecule has 0 aromatic rings. The van der Waals surface area contributed by atoms with Crippen LogP contribution in [0.25, 0.3) is 0 Å². The van der Waals surface area contributed by atoms with Crippen LogP contribution in [0.5, 0.6) is 0 Å². The number of carbonyl (C=O) groups excluding carboxylic acids is 1. The Bertz CT molecular complexity index is 364. The number of hydrogen-bond donors (Lipinski definition) is 1. The van der Waals surface area contributed by atoms with Gasteiger partial charge in [-0.1, -0.05) is 18.8 Å². The van der Waals surface area contributed by atoms with Crippen LogP contribution in [0.2, 0.25) is 0 Å². The van der Waals surface area contributed by atoms with E-state index in [0.29, 0.717) is 6.54 Å². The first-order valence-electron chi connectivity index (χ1n) is 8.81. The molecule has 124 valence electrons. The van der Waals surface area contributed by atoms with Gasteiger partial charge in [-0.05, 0) is 57.7 Å². The largest absolute Gasteiger partial charge is 0.381 e. The van der Waals surface area contributed by atoms with Gasteiger partial charge in [0.15, 0.2) is 0 Å². The van der Waals surface area contributed by atoms with Crippen molar-refractivity contribution in [3.63, 3.8) is 0 Å². The molecule has 2 heterocycles. The quantitative estimate of drug-likeness (QED) is 0.578. The lowest BCUT2D eigenvalue weighted by molar-refractivity contribution is -0.126. The molecule has 4 nitrogen and oxygen atoms in total. The topological polar surface area (TPSA) is 41.6 Å². The standard InChI is InChI=1S/C18H30N2O2/c1-2-10-19-18(21)17-6-12-20(13-7-17)11-4-3-5-16-8-14-22-15-9-16/h1,16-17H,3-15H2,(H,19,21). The van der Waals surface area contributed by atoms with Crippen molar-refractivity contribution in [2.45, 2.75) is 44.9 Å². The zero-order chi connectivity index (χ0) is 15.6. The van der Waals surface area contributed by atoms with Gasteiger partial charge < -0.3 is 15.0 Å². The molecule has 2 saturated heterocycles. The number of nitrogens with zero attached hydrogens (tertiary/aromatic N) is 1. The van der Waals surface area contributed by atoms with Gasteiger partial charge in [0.25, 0.3) is 0 Å². The summed E-state index contributed by atoms with van der Waals surface area (Å²) in [6.45, 7) is 5.55. The summed E-state index contributed by atoms with van der Waals surface area (Å²) in [6.07, 6.45) is 13.6. The van der Waals surface area contributed by atoms with E-state index in [4.69, 9.17) is 11.2 Å². The number of likely N-dealkylation sites (tertiary alicyclic amines) is 1. The average molecular weight is 306 g/mol. The third kappa shape index (κ3) is 5.98. The maximum absolute atomic E-state index is 11.9. The van der Waals surface area contributed by atoms with E-state index >= 15 is 0 Å². The maximum Gasteiger partial charge on any atom is 0.223 e. The summed E-state index contributed by atoms with van der Waals surface area (Å²) in [4.78, 5) is 14.4.